The third-order valence-corrected chi connectivity index (χ3v) is 4.34. The number of aromatic amines is 1. The number of nitrogens with one attached hydrogen (secondary N) is 1. The third-order valence-electron chi connectivity index (χ3n) is 4.34. The minimum absolute atomic E-state index is 0.263. The van der Waals surface area contributed by atoms with Crippen LogP contribution in [0.4, 0.5) is 0 Å². The Hall–Kier alpha value is -3.93. The van der Waals surface area contributed by atoms with E-state index in [1.807, 2.05) is 30.3 Å². The van der Waals surface area contributed by atoms with Crippen molar-refractivity contribution < 1.29 is 13.9 Å². The van der Waals surface area contributed by atoms with E-state index in [4.69, 9.17) is 9.15 Å². The number of rotatable bonds is 5. The van der Waals surface area contributed by atoms with Crippen molar-refractivity contribution in [3.05, 3.63) is 88.0 Å². The first kappa shape index (κ1) is 18.4. The predicted molar refractivity (Wildman–Crippen MR) is 111 cm³/mol. The minimum atomic E-state index is -0.352. The van der Waals surface area contributed by atoms with Crippen LogP contribution in [0.25, 0.3) is 34.5 Å². The van der Waals surface area contributed by atoms with Crippen molar-refractivity contribution >= 4 is 29.2 Å². The van der Waals surface area contributed by atoms with Gasteiger partial charge in [-0.05, 0) is 55.5 Å². The van der Waals surface area contributed by atoms with E-state index in [9.17, 15) is 9.59 Å². The van der Waals surface area contributed by atoms with Crippen LogP contribution in [0.1, 0.15) is 28.7 Å². The van der Waals surface area contributed by atoms with Gasteiger partial charge in [-0.1, -0.05) is 24.3 Å². The van der Waals surface area contributed by atoms with Gasteiger partial charge in [0.1, 0.15) is 17.2 Å². The fourth-order valence-electron chi connectivity index (χ4n) is 2.90. The highest BCUT2D eigenvalue weighted by atomic mass is 16.5. The summed E-state index contributed by atoms with van der Waals surface area (Å²) in [5, 5.41) is 0. The zero-order valence-corrected chi connectivity index (χ0v) is 15.7. The quantitative estimate of drug-likeness (QED) is 0.509. The van der Waals surface area contributed by atoms with Crippen molar-refractivity contribution in [2.45, 2.75) is 6.92 Å². The smallest absolute Gasteiger partial charge is 0.338 e. The Morgan fingerprint density at radius 2 is 1.86 bits per heavy atom. The van der Waals surface area contributed by atoms with Gasteiger partial charge in [0.2, 0.25) is 0 Å². The number of hydrogen-bond acceptors (Lipinski definition) is 5. The number of fused-ring (bicyclic) bond motifs is 1. The molecule has 0 saturated carbocycles. The lowest BCUT2D eigenvalue weighted by molar-refractivity contribution is 0.0526. The topological polar surface area (TPSA) is 85.2 Å². The van der Waals surface area contributed by atoms with Gasteiger partial charge in [-0.2, -0.15) is 0 Å². The number of benzene rings is 2. The van der Waals surface area contributed by atoms with E-state index < -0.39 is 0 Å². The molecule has 0 bridgehead atoms. The van der Waals surface area contributed by atoms with Crippen LogP contribution in [0.5, 0.6) is 0 Å². The van der Waals surface area contributed by atoms with E-state index >= 15 is 0 Å². The van der Waals surface area contributed by atoms with Crippen molar-refractivity contribution in [3.8, 4) is 11.3 Å². The maximum absolute atomic E-state index is 12.2. The van der Waals surface area contributed by atoms with Crippen molar-refractivity contribution in [2.75, 3.05) is 6.61 Å². The summed E-state index contributed by atoms with van der Waals surface area (Å²) in [4.78, 5) is 31.1. The van der Waals surface area contributed by atoms with Gasteiger partial charge in [0.15, 0.2) is 0 Å². The lowest BCUT2D eigenvalue weighted by Crippen LogP contribution is -2.11. The van der Waals surface area contributed by atoms with Gasteiger partial charge in [0.05, 0.1) is 23.2 Å². The SMILES string of the molecule is CCOC(=O)c1ccc(-c2ccc(/C=C/c3nc4ccccc4[nH]c3=O)o2)cc1. The van der Waals surface area contributed by atoms with Gasteiger partial charge in [0, 0.05) is 5.56 Å². The van der Waals surface area contributed by atoms with E-state index in [1.165, 1.54) is 0 Å². The molecule has 0 atom stereocenters. The van der Waals surface area contributed by atoms with Crippen LogP contribution >= 0.6 is 0 Å². The summed E-state index contributed by atoms with van der Waals surface area (Å²) >= 11 is 0. The molecule has 0 fully saturated rings. The maximum atomic E-state index is 12.2. The van der Waals surface area contributed by atoms with Gasteiger partial charge in [-0.25, -0.2) is 9.78 Å². The summed E-state index contributed by atoms with van der Waals surface area (Å²) in [6, 6.07) is 18.0. The monoisotopic (exact) mass is 386 g/mol. The number of aromatic nitrogens is 2. The molecule has 0 unspecified atom stereocenters. The first-order valence-corrected chi connectivity index (χ1v) is 9.18. The van der Waals surface area contributed by atoms with Gasteiger partial charge in [-0.3, -0.25) is 4.79 Å². The second-order valence-corrected chi connectivity index (χ2v) is 6.30. The van der Waals surface area contributed by atoms with Crippen LogP contribution in [-0.4, -0.2) is 22.5 Å². The lowest BCUT2D eigenvalue weighted by Gasteiger charge is -2.02. The molecule has 2 heterocycles. The first-order chi connectivity index (χ1) is 14.1. The van der Waals surface area contributed by atoms with E-state index in [2.05, 4.69) is 9.97 Å². The molecule has 4 rings (SSSR count). The largest absolute Gasteiger partial charge is 0.462 e. The number of para-hydroxylation sites is 2. The van der Waals surface area contributed by atoms with Crippen LogP contribution < -0.4 is 5.56 Å². The van der Waals surface area contributed by atoms with E-state index in [0.717, 1.165) is 5.56 Å². The number of H-pyrrole nitrogens is 1. The highest BCUT2D eigenvalue weighted by molar-refractivity contribution is 5.90. The van der Waals surface area contributed by atoms with Crippen LogP contribution in [0.15, 0.2) is 69.9 Å². The molecule has 6 nitrogen and oxygen atoms in total. The average molecular weight is 386 g/mol. The van der Waals surface area contributed by atoms with Gasteiger partial charge >= 0.3 is 5.97 Å². The second kappa shape index (κ2) is 7.98. The van der Waals surface area contributed by atoms with E-state index in [0.29, 0.717) is 40.4 Å². The predicted octanol–water partition coefficient (Wildman–Crippen LogP) is 4.53. The van der Waals surface area contributed by atoms with Crippen molar-refractivity contribution in [2.24, 2.45) is 0 Å². The summed E-state index contributed by atoms with van der Waals surface area (Å²) in [6.07, 6.45) is 3.32. The minimum Gasteiger partial charge on any atom is -0.462 e. The number of ether oxygens (including phenoxy) is 1. The molecule has 0 aliphatic carbocycles. The second-order valence-electron chi connectivity index (χ2n) is 6.30. The summed E-state index contributed by atoms with van der Waals surface area (Å²) in [5.74, 6) is 0.888. The van der Waals surface area contributed by atoms with Gasteiger partial charge in [0.25, 0.3) is 5.56 Å². The molecule has 29 heavy (non-hydrogen) atoms. The fraction of sp³-hybridized carbons (Fsp3) is 0.0870. The number of carbonyl (C=O) groups excluding carboxylic acids is 1. The van der Waals surface area contributed by atoms with Crippen LogP contribution in [-0.2, 0) is 4.74 Å². The number of nitrogens with zero attached hydrogens (tertiary/aromatic N) is 1. The van der Waals surface area contributed by atoms with Crippen molar-refractivity contribution in [1.82, 2.24) is 9.97 Å². The van der Waals surface area contributed by atoms with Crippen LogP contribution in [0.3, 0.4) is 0 Å². The van der Waals surface area contributed by atoms with Crippen molar-refractivity contribution in [3.63, 3.8) is 0 Å². The average Bonchev–Trinajstić information content (AvgIpc) is 3.21. The molecule has 0 aliphatic rings. The molecule has 0 aliphatic heterocycles. The fourth-order valence-corrected chi connectivity index (χ4v) is 2.90. The molecule has 2 aromatic heterocycles. The third kappa shape index (κ3) is 4.01. The Labute approximate surface area is 166 Å². The Bertz CT molecular complexity index is 1250. The lowest BCUT2D eigenvalue weighted by atomic mass is 10.1. The zero-order chi connectivity index (χ0) is 20.2. The summed E-state index contributed by atoms with van der Waals surface area (Å²) in [6.45, 7) is 2.11. The molecule has 0 spiro atoms. The Balaban J connectivity index is 1.54. The molecule has 144 valence electrons. The number of furan rings is 1. The highest BCUT2D eigenvalue weighted by Gasteiger charge is 2.08. The molecular weight excluding hydrogens is 368 g/mol. The summed E-state index contributed by atoms with van der Waals surface area (Å²) in [5.41, 5.74) is 2.78. The summed E-state index contributed by atoms with van der Waals surface area (Å²) in [7, 11) is 0. The molecule has 0 radical (unpaired) electrons. The molecule has 4 aromatic rings. The van der Waals surface area contributed by atoms with Gasteiger partial charge in [-0.15, -0.1) is 0 Å². The van der Waals surface area contributed by atoms with E-state index in [1.54, 1.807) is 49.4 Å². The van der Waals surface area contributed by atoms with E-state index in [-0.39, 0.29) is 11.5 Å². The normalized spacial score (nSPS) is 11.2. The van der Waals surface area contributed by atoms with Crippen LogP contribution in [0.2, 0.25) is 0 Å². The van der Waals surface area contributed by atoms with Crippen LogP contribution in [0, 0.1) is 0 Å². The molecule has 2 aromatic carbocycles. The number of esters is 1. The number of carbonyl (C=O) groups is 1. The van der Waals surface area contributed by atoms with Gasteiger partial charge < -0.3 is 14.1 Å². The Morgan fingerprint density at radius 1 is 1.07 bits per heavy atom. The number of hydrogen-bond donors (Lipinski definition) is 1. The molecule has 0 amide bonds. The van der Waals surface area contributed by atoms with Crippen molar-refractivity contribution in [1.29, 1.82) is 0 Å². The molecule has 1 N–H and O–H groups in total. The molecule has 6 heteroatoms. The highest BCUT2D eigenvalue weighted by Crippen LogP contribution is 2.23. The first-order valence-electron chi connectivity index (χ1n) is 9.18. The maximum Gasteiger partial charge on any atom is 0.338 e. The summed E-state index contributed by atoms with van der Waals surface area (Å²) < 4.78 is 10.8. The zero-order valence-electron chi connectivity index (χ0n) is 15.7. The standard InChI is InChI=1S/C23H18N2O4/c1-2-28-23(27)16-9-7-15(8-10-16)21-14-12-17(29-21)11-13-20-22(26)25-19-6-4-3-5-18(19)24-20/h3-14H,2H2,1H3,(H,25,26)/b13-11+. The Morgan fingerprint density at radius 3 is 2.66 bits per heavy atom. The Kier molecular flexibility index (Phi) is 5.07. The molecule has 0 saturated heterocycles. The molecular formula is C23H18N2O4.